The highest BCUT2D eigenvalue weighted by atomic mass is 16.5. The molecule has 7 nitrogen and oxygen atoms in total. The van der Waals surface area contributed by atoms with Crippen molar-refractivity contribution in [3.05, 3.63) is 59.7 Å². The van der Waals surface area contributed by atoms with E-state index in [1.165, 1.54) is 32.9 Å². The molecule has 0 aliphatic rings. The van der Waals surface area contributed by atoms with Crippen LogP contribution in [0.1, 0.15) is 48.4 Å². The van der Waals surface area contributed by atoms with E-state index in [9.17, 15) is 19.2 Å². The minimum atomic E-state index is -1.36. The molecule has 0 unspecified atom stereocenters. The van der Waals surface area contributed by atoms with Crippen molar-refractivity contribution in [2.75, 3.05) is 17.2 Å². The summed E-state index contributed by atoms with van der Waals surface area (Å²) in [5.74, 6) is -1.51. The Bertz CT molecular complexity index is 915. The van der Waals surface area contributed by atoms with Gasteiger partial charge in [0, 0.05) is 16.9 Å². The molecular weight excluding hydrogens is 372 g/mol. The first kappa shape index (κ1) is 21.8. The number of Topliss-reactive ketones (excluding diaryl/α,β-unsaturated/α-hetero) is 1. The van der Waals surface area contributed by atoms with Crippen LogP contribution in [-0.2, 0) is 14.3 Å². The lowest BCUT2D eigenvalue weighted by Gasteiger charge is -2.23. The summed E-state index contributed by atoms with van der Waals surface area (Å²) in [6, 6.07) is 12.6. The maximum Gasteiger partial charge on any atom is 0.338 e. The van der Waals surface area contributed by atoms with Crippen LogP contribution in [-0.4, -0.2) is 30.2 Å². The Morgan fingerprint density at radius 3 is 1.59 bits per heavy atom. The third-order valence-corrected chi connectivity index (χ3v) is 4.34. The van der Waals surface area contributed by atoms with Gasteiger partial charge in [0.1, 0.15) is 5.41 Å². The molecule has 0 radical (unpaired) electrons. The third-order valence-electron chi connectivity index (χ3n) is 4.34. The first-order valence-corrected chi connectivity index (χ1v) is 9.16. The minimum Gasteiger partial charge on any atom is -0.462 e. The first-order valence-electron chi connectivity index (χ1n) is 9.16. The number of esters is 1. The molecule has 2 aromatic rings. The van der Waals surface area contributed by atoms with Gasteiger partial charge in [0.2, 0.25) is 11.8 Å². The molecule has 0 spiro atoms. The fourth-order valence-corrected chi connectivity index (χ4v) is 2.37. The van der Waals surface area contributed by atoms with Crippen molar-refractivity contribution in [1.82, 2.24) is 0 Å². The van der Waals surface area contributed by atoms with E-state index in [1.54, 1.807) is 43.3 Å². The van der Waals surface area contributed by atoms with Crippen LogP contribution >= 0.6 is 0 Å². The normalized spacial score (nSPS) is 10.8. The van der Waals surface area contributed by atoms with Crippen LogP contribution in [0.2, 0.25) is 0 Å². The van der Waals surface area contributed by atoms with E-state index in [0.717, 1.165) is 0 Å². The number of nitrogens with one attached hydrogen (secondary N) is 2. The second-order valence-corrected chi connectivity index (χ2v) is 6.96. The van der Waals surface area contributed by atoms with Gasteiger partial charge in [-0.2, -0.15) is 0 Å². The van der Waals surface area contributed by atoms with E-state index in [1.807, 2.05) is 0 Å². The number of ketones is 1. The average Bonchev–Trinajstić information content (AvgIpc) is 2.69. The fourth-order valence-electron chi connectivity index (χ4n) is 2.37. The maximum absolute atomic E-state index is 12.6. The number of hydrogen-bond donors (Lipinski definition) is 2. The number of hydrogen-bond acceptors (Lipinski definition) is 5. The first-order chi connectivity index (χ1) is 13.6. The summed E-state index contributed by atoms with van der Waals surface area (Å²) in [5.41, 5.74) is 0.482. The van der Waals surface area contributed by atoms with Crippen molar-refractivity contribution in [1.29, 1.82) is 0 Å². The molecule has 152 valence electrons. The van der Waals surface area contributed by atoms with Crippen molar-refractivity contribution in [3.63, 3.8) is 0 Å². The average molecular weight is 396 g/mol. The lowest BCUT2D eigenvalue weighted by molar-refractivity contribution is -0.135. The molecule has 2 amide bonds. The molecule has 0 atom stereocenters. The van der Waals surface area contributed by atoms with E-state index < -0.39 is 23.2 Å². The Morgan fingerprint density at radius 1 is 0.793 bits per heavy atom. The zero-order valence-corrected chi connectivity index (χ0v) is 16.9. The van der Waals surface area contributed by atoms with Crippen molar-refractivity contribution in [3.8, 4) is 0 Å². The van der Waals surface area contributed by atoms with Crippen LogP contribution in [0.25, 0.3) is 0 Å². The molecule has 0 bridgehead atoms. The van der Waals surface area contributed by atoms with Crippen LogP contribution in [0.15, 0.2) is 48.5 Å². The van der Waals surface area contributed by atoms with E-state index >= 15 is 0 Å². The molecule has 0 fully saturated rings. The second kappa shape index (κ2) is 9.14. The minimum absolute atomic E-state index is 0.0726. The standard InChI is InChI=1S/C22H24N2O5/c1-5-29-19(26)16-8-12-18(13-9-16)24-21(28)22(3,4)20(27)23-17-10-6-15(7-11-17)14(2)25/h6-13H,5H2,1-4H3,(H,23,27)(H,24,28). The number of benzene rings is 2. The number of rotatable bonds is 7. The SMILES string of the molecule is CCOC(=O)c1ccc(NC(=O)C(C)(C)C(=O)Nc2ccc(C(C)=O)cc2)cc1. The van der Waals surface area contributed by atoms with Gasteiger partial charge in [-0.1, -0.05) is 0 Å². The van der Waals surface area contributed by atoms with Crippen LogP contribution in [0.4, 0.5) is 11.4 Å². The van der Waals surface area contributed by atoms with Crippen LogP contribution < -0.4 is 10.6 Å². The molecule has 7 heteroatoms. The number of anilines is 2. The van der Waals surface area contributed by atoms with Crippen LogP contribution in [0.5, 0.6) is 0 Å². The molecule has 0 aromatic heterocycles. The van der Waals surface area contributed by atoms with Gasteiger partial charge in [-0.3, -0.25) is 14.4 Å². The zero-order chi connectivity index (χ0) is 21.6. The van der Waals surface area contributed by atoms with Gasteiger partial charge >= 0.3 is 5.97 Å². The topological polar surface area (TPSA) is 102 Å². The predicted molar refractivity (Wildman–Crippen MR) is 110 cm³/mol. The van der Waals surface area contributed by atoms with E-state index in [2.05, 4.69) is 10.6 Å². The molecule has 0 aliphatic heterocycles. The summed E-state index contributed by atoms with van der Waals surface area (Å²) in [7, 11) is 0. The van der Waals surface area contributed by atoms with Gasteiger partial charge in [-0.05, 0) is 76.2 Å². The Balaban J connectivity index is 2.03. The van der Waals surface area contributed by atoms with Gasteiger partial charge in [0.05, 0.1) is 12.2 Å². The number of carbonyl (C=O) groups excluding carboxylic acids is 4. The molecule has 0 heterocycles. The quantitative estimate of drug-likeness (QED) is 0.422. The summed E-state index contributed by atoms with van der Waals surface area (Å²) >= 11 is 0. The number of amides is 2. The predicted octanol–water partition coefficient (Wildman–Crippen LogP) is 3.67. The summed E-state index contributed by atoms with van der Waals surface area (Å²) in [4.78, 5) is 48.2. The Labute approximate surface area is 169 Å². The summed E-state index contributed by atoms with van der Waals surface area (Å²) in [5, 5.41) is 5.36. The highest BCUT2D eigenvalue weighted by molar-refractivity contribution is 6.14. The molecule has 29 heavy (non-hydrogen) atoms. The number of ether oxygens (including phenoxy) is 1. The molecular formula is C22H24N2O5. The molecule has 0 saturated carbocycles. The molecule has 0 aliphatic carbocycles. The van der Waals surface area contributed by atoms with Crippen LogP contribution in [0, 0.1) is 5.41 Å². The smallest absolute Gasteiger partial charge is 0.338 e. The molecule has 2 rings (SSSR count). The second-order valence-electron chi connectivity index (χ2n) is 6.96. The van der Waals surface area contributed by atoms with Crippen molar-refractivity contribution >= 4 is 34.9 Å². The Morgan fingerprint density at radius 2 is 1.21 bits per heavy atom. The van der Waals surface area contributed by atoms with Gasteiger partial charge < -0.3 is 15.4 Å². The monoisotopic (exact) mass is 396 g/mol. The van der Waals surface area contributed by atoms with Gasteiger partial charge in [0.25, 0.3) is 0 Å². The lowest BCUT2D eigenvalue weighted by atomic mass is 9.90. The van der Waals surface area contributed by atoms with Gasteiger partial charge in [-0.25, -0.2) is 4.79 Å². The van der Waals surface area contributed by atoms with Gasteiger partial charge in [0.15, 0.2) is 5.78 Å². The molecule has 0 saturated heterocycles. The summed E-state index contributed by atoms with van der Waals surface area (Å²) in [6.45, 7) is 6.47. The van der Waals surface area contributed by atoms with Gasteiger partial charge in [-0.15, -0.1) is 0 Å². The van der Waals surface area contributed by atoms with E-state index in [0.29, 0.717) is 22.5 Å². The Hall–Kier alpha value is -3.48. The van der Waals surface area contributed by atoms with Crippen molar-refractivity contribution < 1.29 is 23.9 Å². The highest BCUT2D eigenvalue weighted by Gasteiger charge is 2.36. The van der Waals surface area contributed by atoms with Crippen LogP contribution in [0.3, 0.4) is 0 Å². The highest BCUT2D eigenvalue weighted by Crippen LogP contribution is 2.22. The van der Waals surface area contributed by atoms with Crippen molar-refractivity contribution in [2.45, 2.75) is 27.7 Å². The van der Waals surface area contributed by atoms with E-state index in [-0.39, 0.29) is 12.4 Å². The third kappa shape index (κ3) is 5.51. The van der Waals surface area contributed by atoms with E-state index in [4.69, 9.17) is 4.74 Å². The largest absolute Gasteiger partial charge is 0.462 e. The number of carbonyl (C=O) groups is 4. The zero-order valence-electron chi connectivity index (χ0n) is 16.9. The molecule has 2 N–H and O–H groups in total. The van der Waals surface area contributed by atoms with Crippen molar-refractivity contribution in [2.24, 2.45) is 5.41 Å². The summed E-state index contributed by atoms with van der Waals surface area (Å²) < 4.78 is 4.91. The maximum atomic E-state index is 12.6. The summed E-state index contributed by atoms with van der Waals surface area (Å²) in [6.07, 6.45) is 0. The Kier molecular flexibility index (Phi) is 6.88. The molecule has 2 aromatic carbocycles. The lowest BCUT2D eigenvalue weighted by Crippen LogP contribution is -2.41. The fraction of sp³-hybridized carbons (Fsp3) is 0.273.